The first kappa shape index (κ1) is 33.6. The molecule has 272 valence electrons. The summed E-state index contributed by atoms with van der Waals surface area (Å²) in [5, 5.41) is 7.37. The van der Waals surface area contributed by atoms with E-state index in [9.17, 15) is 0 Å². The van der Waals surface area contributed by atoms with Crippen LogP contribution in [0.2, 0.25) is 0 Å². The molecule has 2 heteroatoms. The van der Waals surface area contributed by atoms with E-state index in [0.717, 1.165) is 28.3 Å². The maximum Gasteiger partial charge on any atom is 0.0562 e. The molecule has 0 aliphatic heterocycles. The molecule has 0 atom stereocenters. The van der Waals surface area contributed by atoms with Crippen molar-refractivity contribution in [1.29, 1.82) is 0 Å². The lowest BCUT2D eigenvalue weighted by Gasteiger charge is -2.28. The van der Waals surface area contributed by atoms with Crippen molar-refractivity contribution in [2.75, 3.05) is 4.90 Å². The number of fused-ring (bicyclic) bond motifs is 5. The lowest BCUT2D eigenvalue weighted by atomic mass is 9.96. The minimum atomic E-state index is 1.09. The van der Waals surface area contributed by atoms with Gasteiger partial charge in [-0.15, -0.1) is 0 Å². The van der Waals surface area contributed by atoms with Crippen LogP contribution >= 0.6 is 0 Å². The van der Waals surface area contributed by atoms with Crippen LogP contribution in [-0.4, -0.2) is 4.57 Å². The summed E-state index contributed by atoms with van der Waals surface area (Å²) in [6.07, 6.45) is 0. The third kappa shape index (κ3) is 5.74. The fourth-order valence-electron chi connectivity index (χ4n) is 8.86. The SMILES string of the molecule is c1ccc(-c2ccc(N(c3ccc4c5c(-c6ccc7ccccc7c6)cccc5n(-c5ccccc5)c4c3)c3ccc(-c4ccccc4)c4ccccc34)cc2)cc1. The molecule has 0 unspecified atom stereocenters. The maximum atomic E-state index is 2.44. The average molecular weight is 739 g/mol. The molecule has 0 saturated carbocycles. The molecule has 0 spiro atoms. The fraction of sp³-hybridized carbons (Fsp3) is 0. The lowest BCUT2D eigenvalue weighted by molar-refractivity contribution is 1.18. The Morgan fingerprint density at radius 1 is 0.310 bits per heavy atom. The number of para-hydroxylation sites is 1. The Hall–Kier alpha value is -7.68. The number of benzene rings is 10. The van der Waals surface area contributed by atoms with Crippen LogP contribution in [0.25, 0.3) is 82.4 Å². The van der Waals surface area contributed by atoms with E-state index in [1.807, 2.05) is 0 Å². The Kier molecular flexibility index (Phi) is 8.19. The molecular weight excluding hydrogens is 701 g/mol. The van der Waals surface area contributed by atoms with E-state index in [1.54, 1.807) is 0 Å². The van der Waals surface area contributed by atoms with Gasteiger partial charge in [0.2, 0.25) is 0 Å². The summed E-state index contributed by atoms with van der Waals surface area (Å²) < 4.78 is 2.44. The highest BCUT2D eigenvalue weighted by Crippen LogP contribution is 2.45. The highest BCUT2D eigenvalue weighted by molar-refractivity contribution is 6.17. The van der Waals surface area contributed by atoms with Gasteiger partial charge in [-0.1, -0.05) is 176 Å². The minimum Gasteiger partial charge on any atom is -0.310 e. The summed E-state index contributed by atoms with van der Waals surface area (Å²) in [7, 11) is 0. The molecule has 0 aliphatic carbocycles. The van der Waals surface area contributed by atoms with Crippen molar-refractivity contribution in [2.24, 2.45) is 0 Å². The number of nitrogens with zero attached hydrogens (tertiary/aromatic N) is 2. The van der Waals surface area contributed by atoms with Crippen LogP contribution in [0, 0.1) is 0 Å². The Morgan fingerprint density at radius 2 is 0.931 bits per heavy atom. The third-order valence-electron chi connectivity index (χ3n) is 11.6. The van der Waals surface area contributed by atoms with Gasteiger partial charge in [0.25, 0.3) is 0 Å². The van der Waals surface area contributed by atoms with E-state index in [2.05, 4.69) is 240 Å². The summed E-state index contributed by atoms with van der Waals surface area (Å²) in [6.45, 7) is 0. The number of aromatic nitrogens is 1. The molecule has 11 rings (SSSR count). The topological polar surface area (TPSA) is 8.17 Å². The van der Waals surface area contributed by atoms with Crippen molar-refractivity contribution in [1.82, 2.24) is 4.57 Å². The van der Waals surface area contributed by atoms with Crippen LogP contribution in [0.4, 0.5) is 17.1 Å². The first-order valence-corrected chi connectivity index (χ1v) is 19.9. The number of hydrogen-bond acceptors (Lipinski definition) is 1. The van der Waals surface area contributed by atoms with Crippen LogP contribution in [0.3, 0.4) is 0 Å². The van der Waals surface area contributed by atoms with E-state index in [4.69, 9.17) is 0 Å². The molecular formula is C56H38N2. The van der Waals surface area contributed by atoms with Crippen LogP contribution in [0.5, 0.6) is 0 Å². The molecule has 0 amide bonds. The second-order valence-corrected chi connectivity index (χ2v) is 14.9. The molecule has 1 aromatic heterocycles. The van der Waals surface area contributed by atoms with Crippen LogP contribution in [0.15, 0.2) is 231 Å². The molecule has 0 bridgehead atoms. The van der Waals surface area contributed by atoms with Crippen molar-refractivity contribution >= 4 is 60.4 Å². The molecule has 2 nitrogen and oxygen atoms in total. The van der Waals surface area contributed by atoms with Gasteiger partial charge in [0.05, 0.1) is 16.7 Å². The standard InChI is InChI=1S/C56H38N2/c1-4-15-39(16-5-1)41-29-31-46(32-30-41)57(53-36-35-48(42-18-6-2-7-19-42)50-23-12-13-24-51(50)53)47-33-34-52-55(38-47)58(45-21-8-3-9-22-45)54-26-14-25-49(56(52)54)44-28-27-40-17-10-11-20-43(40)37-44/h1-38H. The third-order valence-corrected chi connectivity index (χ3v) is 11.6. The van der Waals surface area contributed by atoms with Crippen molar-refractivity contribution in [2.45, 2.75) is 0 Å². The zero-order chi connectivity index (χ0) is 38.4. The molecule has 11 aromatic rings. The van der Waals surface area contributed by atoms with Gasteiger partial charge < -0.3 is 9.47 Å². The molecule has 0 saturated heterocycles. The number of hydrogen-bond donors (Lipinski definition) is 0. The Labute approximate surface area is 338 Å². The van der Waals surface area contributed by atoms with E-state index >= 15 is 0 Å². The predicted octanol–water partition coefficient (Wildman–Crippen LogP) is 15.6. The summed E-state index contributed by atoms with van der Waals surface area (Å²) in [4.78, 5) is 2.43. The van der Waals surface area contributed by atoms with E-state index < -0.39 is 0 Å². The zero-order valence-corrected chi connectivity index (χ0v) is 31.8. The quantitative estimate of drug-likeness (QED) is 0.158. The van der Waals surface area contributed by atoms with Crippen LogP contribution in [0.1, 0.15) is 0 Å². The zero-order valence-electron chi connectivity index (χ0n) is 31.8. The molecule has 0 fully saturated rings. The summed E-state index contributed by atoms with van der Waals surface area (Å²) in [5.41, 5.74) is 14.0. The number of anilines is 3. The molecule has 10 aromatic carbocycles. The Balaban J connectivity index is 1.17. The largest absolute Gasteiger partial charge is 0.310 e. The van der Waals surface area contributed by atoms with Crippen molar-refractivity contribution in [3.05, 3.63) is 231 Å². The lowest BCUT2D eigenvalue weighted by Crippen LogP contribution is -2.11. The van der Waals surface area contributed by atoms with Crippen LogP contribution < -0.4 is 4.90 Å². The summed E-state index contributed by atoms with van der Waals surface area (Å²) >= 11 is 0. The first-order chi connectivity index (χ1) is 28.8. The van der Waals surface area contributed by atoms with Gasteiger partial charge in [-0.05, 0) is 104 Å². The van der Waals surface area contributed by atoms with Crippen molar-refractivity contribution in [3.63, 3.8) is 0 Å². The maximum absolute atomic E-state index is 2.44. The normalized spacial score (nSPS) is 11.4. The van der Waals surface area contributed by atoms with Gasteiger partial charge in [0.1, 0.15) is 0 Å². The van der Waals surface area contributed by atoms with E-state index in [-0.39, 0.29) is 0 Å². The second kappa shape index (κ2) is 14.1. The summed E-state index contributed by atoms with van der Waals surface area (Å²) in [5.74, 6) is 0. The molecule has 1 heterocycles. The summed E-state index contributed by atoms with van der Waals surface area (Å²) in [6, 6.07) is 83.7. The van der Waals surface area contributed by atoms with Gasteiger partial charge in [-0.3, -0.25) is 0 Å². The molecule has 58 heavy (non-hydrogen) atoms. The highest BCUT2D eigenvalue weighted by atomic mass is 15.1. The van der Waals surface area contributed by atoms with Gasteiger partial charge in [-0.2, -0.15) is 0 Å². The van der Waals surface area contributed by atoms with Crippen LogP contribution in [-0.2, 0) is 0 Å². The van der Waals surface area contributed by atoms with Crippen molar-refractivity contribution in [3.8, 4) is 39.1 Å². The number of rotatable bonds is 7. The first-order valence-electron chi connectivity index (χ1n) is 19.9. The monoisotopic (exact) mass is 738 g/mol. The Morgan fingerprint density at radius 3 is 1.71 bits per heavy atom. The smallest absolute Gasteiger partial charge is 0.0562 e. The molecule has 0 N–H and O–H groups in total. The van der Waals surface area contributed by atoms with Crippen molar-refractivity contribution < 1.29 is 0 Å². The minimum absolute atomic E-state index is 1.09. The van der Waals surface area contributed by atoms with Gasteiger partial charge in [0.15, 0.2) is 0 Å². The van der Waals surface area contributed by atoms with Gasteiger partial charge in [-0.25, -0.2) is 0 Å². The predicted molar refractivity (Wildman–Crippen MR) is 247 cm³/mol. The van der Waals surface area contributed by atoms with Gasteiger partial charge in [0, 0.05) is 33.2 Å². The Bertz CT molecular complexity index is 3250. The van der Waals surface area contributed by atoms with E-state index in [1.165, 1.54) is 71.2 Å². The highest BCUT2D eigenvalue weighted by Gasteiger charge is 2.22. The average Bonchev–Trinajstić information content (AvgIpc) is 3.64. The van der Waals surface area contributed by atoms with Gasteiger partial charge >= 0.3 is 0 Å². The molecule has 0 aliphatic rings. The fourth-order valence-corrected chi connectivity index (χ4v) is 8.86. The molecule has 0 radical (unpaired) electrons. The second-order valence-electron chi connectivity index (χ2n) is 14.9. The van der Waals surface area contributed by atoms with E-state index in [0.29, 0.717) is 0 Å².